The molecule has 1 aliphatic rings. The van der Waals surface area contributed by atoms with Crippen molar-refractivity contribution in [1.82, 2.24) is 5.43 Å². The lowest BCUT2D eigenvalue weighted by Crippen LogP contribution is -2.38. The molecule has 124 valence electrons. The molecule has 3 aromatic carbocycles. The van der Waals surface area contributed by atoms with Gasteiger partial charge in [0.2, 0.25) is 0 Å². The third-order valence-corrected chi connectivity index (χ3v) is 4.37. The maximum absolute atomic E-state index is 3.56. The van der Waals surface area contributed by atoms with Crippen molar-refractivity contribution < 1.29 is 4.58 Å². The molecule has 25 heavy (non-hydrogen) atoms. The smallest absolute Gasteiger partial charge is 0.233 e. The monoisotopic (exact) mass is 329 g/mol. The van der Waals surface area contributed by atoms with Crippen LogP contribution in [0.2, 0.25) is 0 Å². The van der Waals surface area contributed by atoms with Crippen LogP contribution in [-0.4, -0.2) is 24.3 Å². The predicted molar refractivity (Wildman–Crippen MR) is 103 cm³/mol. The second-order valence-electron chi connectivity index (χ2n) is 6.00. The molecule has 1 fully saturated rings. The van der Waals surface area contributed by atoms with Gasteiger partial charge in [-0.2, -0.15) is 5.43 Å². The van der Waals surface area contributed by atoms with Gasteiger partial charge in [0.15, 0.2) is 6.67 Å². The van der Waals surface area contributed by atoms with Crippen molar-refractivity contribution in [3.05, 3.63) is 91.0 Å². The van der Waals surface area contributed by atoms with Crippen molar-refractivity contribution in [2.45, 2.75) is 0 Å². The number of nitrogens with zero attached hydrogens (tertiary/aromatic N) is 3. The minimum Gasteiger partial charge on any atom is -0.233 e. The quantitative estimate of drug-likeness (QED) is 0.739. The summed E-state index contributed by atoms with van der Waals surface area (Å²) in [6, 6.07) is 31.2. The summed E-state index contributed by atoms with van der Waals surface area (Å²) < 4.78 is 2.18. The molecule has 0 radical (unpaired) electrons. The van der Waals surface area contributed by atoms with Crippen LogP contribution >= 0.6 is 0 Å². The molecule has 1 N–H and O–H groups in total. The maximum atomic E-state index is 3.56. The SMILES string of the molecule is C[N+](=C1NN(c2ccccc2)CN1c1ccccc1)c1ccccc1. The van der Waals surface area contributed by atoms with Gasteiger partial charge < -0.3 is 0 Å². The Balaban J connectivity index is 1.76. The normalized spacial score (nSPS) is 15.9. The van der Waals surface area contributed by atoms with E-state index < -0.39 is 0 Å². The van der Waals surface area contributed by atoms with Crippen molar-refractivity contribution in [3.8, 4) is 0 Å². The first-order valence-corrected chi connectivity index (χ1v) is 8.40. The van der Waals surface area contributed by atoms with E-state index in [1.54, 1.807) is 0 Å². The topological polar surface area (TPSA) is 21.5 Å². The van der Waals surface area contributed by atoms with E-state index in [-0.39, 0.29) is 0 Å². The highest BCUT2D eigenvalue weighted by molar-refractivity contribution is 5.97. The van der Waals surface area contributed by atoms with E-state index in [0.717, 1.165) is 29.7 Å². The molecule has 1 saturated heterocycles. The Kier molecular flexibility index (Phi) is 4.09. The first kappa shape index (κ1) is 15.3. The largest absolute Gasteiger partial charge is 0.381 e. The van der Waals surface area contributed by atoms with Crippen LogP contribution in [0.3, 0.4) is 0 Å². The third-order valence-electron chi connectivity index (χ3n) is 4.37. The average molecular weight is 329 g/mol. The van der Waals surface area contributed by atoms with Gasteiger partial charge in [0.05, 0.1) is 12.7 Å². The standard InChI is InChI=1S/C21H20N4/c1-23(18-11-5-2-6-12-18)21-22-25(20-15-9-4-10-16-20)17-24(21)19-13-7-3-8-14-19/h2-16H,17H2,1H3/p+1. The molecule has 4 nitrogen and oxygen atoms in total. The van der Waals surface area contributed by atoms with Crippen molar-refractivity contribution in [1.29, 1.82) is 0 Å². The maximum Gasteiger partial charge on any atom is 0.381 e. The summed E-state index contributed by atoms with van der Waals surface area (Å²) in [5.41, 5.74) is 6.99. The predicted octanol–water partition coefficient (Wildman–Crippen LogP) is 3.81. The Bertz CT molecular complexity index is 860. The van der Waals surface area contributed by atoms with Crippen LogP contribution in [0.4, 0.5) is 17.1 Å². The molecule has 0 unspecified atom stereocenters. The number of rotatable bonds is 3. The fourth-order valence-electron chi connectivity index (χ4n) is 3.02. The van der Waals surface area contributed by atoms with Gasteiger partial charge in [-0.1, -0.05) is 54.6 Å². The minimum atomic E-state index is 0.737. The van der Waals surface area contributed by atoms with Crippen LogP contribution in [0.5, 0.6) is 0 Å². The van der Waals surface area contributed by atoms with Crippen molar-refractivity contribution in [2.24, 2.45) is 0 Å². The van der Waals surface area contributed by atoms with Crippen LogP contribution in [0.1, 0.15) is 0 Å². The molecular formula is C21H21N4+. The van der Waals surface area contributed by atoms with Gasteiger partial charge in [0.1, 0.15) is 11.4 Å². The zero-order valence-electron chi connectivity index (χ0n) is 14.2. The fourth-order valence-corrected chi connectivity index (χ4v) is 3.02. The molecule has 3 aromatic rings. The summed E-state index contributed by atoms with van der Waals surface area (Å²) in [7, 11) is 2.09. The summed E-state index contributed by atoms with van der Waals surface area (Å²) in [5.74, 6) is 1.03. The summed E-state index contributed by atoms with van der Waals surface area (Å²) >= 11 is 0. The van der Waals surface area contributed by atoms with Gasteiger partial charge >= 0.3 is 5.96 Å². The van der Waals surface area contributed by atoms with Crippen molar-refractivity contribution >= 4 is 23.0 Å². The zero-order chi connectivity index (χ0) is 17.1. The third kappa shape index (κ3) is 3.06. The van der Waals surface area contributed by atoms with Crippen LogP contribution in [0, 0.1) is 0 Å². The van der Waals surface area contributed by atoms with Gasteiger partial charge in [0.25, 0.3) is 0 Å². The van der Waals surface area contributed by atoms with Crippen molar-refractivity contribution in [2.75, 3.05) is 23.6 Å². The van der Waals surface area contributed by atoms with E-state index in [0.29, 0.717) is 0 Å². The van der Waals surface area contributed by atoms with Gasteiger partial charge in [-0.15, -0.1) is 0 Å². The first-order chi connectivity index (χ1) is 12.3. The Morgan fingerprint density at radius 3 is 1.84 bits per heavy atom. The summed E-state index contributed by atoms with van der Waals surface area (Å²) in [4.78, 5) is 2.28. The zero-order valence-corrected chi connectivity index (χ0v) is 14.2. The molecule has 0 aliphatic carbocycles. The second-order valence-corrected chi connectivity index (χ2v) is 6.00. The van der Waals surface area contributed by atoms with Crippen LogP contribution in [0.25, 0.3) is 0 Å². The number of nitrogens with one attached hydrogen (secondary N) is 1. The Morgan fingerprint density at radius 1 is 0.720 bits per heavy atom. The number of guanidine groups is 1. The Labute approximate surface area is 148 Å². The highest BCUT2D eigenvalue weighted by atomic mass is 15.7. The van der Waals surface area contributed by atoms with E-state index in [4.69, 9.17) is 0 Å². The summed E-state index contributed by atoms with van der Waals surface area (Å²) in [5, 5.41) is 2.15. The van der Waals surface area contributed by atoms with Gasteiger partial charge in [-0.25, -0.2) is 14.5 Å². The van der Waals surface area contributed by atoms with E-state index in [1.807, 2.05) is 18.2 Å². The molecule has 1 heterocycles. The molecule has 0 amide bonds. The Hall–Kier alpha value is -3.27. The molecule has 0 spiro atoms. The molecule has 0 bridgehead atoms. The lowest BCUT2D eigenvalue weighted by atomic mass is 10.3. The van der Waals surface area contributed by atoms with E-state index in [9.17, 15) is 0 Å². The molecule has 0 saturated carbocycles. The van der Waals surface area contributed by atoms with Gasteiger partial charge in [0, 0.05) is 0 Å². The Morgan fingerprint density at radius 2 is 1.24 bits per heavy atom. The van der Waals surface area contributed by atoms with Crippen LogP contribution in [-0.2, 0) is 0 Å². The fraction of sp³-hybridized carbons (Fsp3) is 0.0952. The molecule has 4 heteroatoms. The highest BCUT2D eigenvalue weighted by Crippen LogP contribution is 2.23. The van der Waals surface area contributed by atoms with Gasteiger partial charge in [-0.05, 0) is 36.4 Å². The molecule has 0 aromatic heterocycles. The summed E-state index contributed by atoms with van der Waals surface area (Å²) in [6.45, 7) is 0.737. The first-order valence-electron chi connectivity index (χ1n) is 8.40. The number of para-hydroxylation sites is 3. The lowest BCUT2D eigenvalue weighted by molar-refractivity contribution is -0.408. The van der Waals surface area contributed by atoms with Crippen molar-refractivity contribution in [3.63, 3.8) is 0 Å². The van der Waals surface area contributed by atoms with Gasteiger partial charge in [-0.3, -0.25) is 0 Å². The van der Waals surface area contributed by atoms with E-state index in [2.05, 4.69) is 99.8 Å². The molecule has 1 aliphatic heterocycles. The number of benzene rings is 3. The minimum absolute atomic E-state index is 0.737. The average Bonchev–Trinajstić information content (AvgIpc) is 3.15. The molecular weight excluding hydrogens is 308 g/mol. The summed E-state index contributed by atoms with van der Waals surface area (Å²) in [6.07, 6.45) is 0. The highest BCUT2D eigenvalue weighted by Gasteiger charge is 2.36. The van der Waals surface area contributed by atoms with E-state index >= 15 is 0 Å². The van der Waals surface area contributed by atoms with Crippen LogP contribution in [0.15, 0.2) is 91.0 Å². The number of hydrogen-bond donors (Lipinski definition) is 1. The second kappa shape index (κ2) is 6.69. The number of hydrazine groups is 1. The lowest BCUT2D eigenvalue weighted by Gasteiger charge is -2.13. The number of hydrogen-bond acceptors (Lipinski definition) is 1. The molecule has 4 rings (SSSR count). The van der Waals surface area contributed by atoms with Crippen LogP contribution < -0.4 is 15.3 Å². The van der Waals surface area contributed by atoms with E-state index in [1.165, 1.54) is 0 Å². The number of anilines is 2. The molecule has 0 atom stereocenters.